The van der Waals surface area contributed by atoms with Gasteiger partial charge in [-0.1, -0.05) is 0 Å². The highest BCUT2D eigenvalue weighted by atomic mass is 35.7. The Hall–Kier alpha value is -1.08. The van der Waals surface area contributed by atoms with Gasteiger partial charge >= 0.3 is 0 Å². The van der Waals surface area contributed by atoms with Gasteiger partial charge in [-0.05, 0) is 6.07 Å². The second-order valence-electron chi connectivity index (χ2n) is 4.06. The Morgan fingerprint density at radius 2 is 2.29 bits per heavy atom. The standard InChI is InChI=1S/C9H12ClN3O3S/c1-12-3-2-7(11-12)5-13-6-8(4-9(13)14)17(10,15)16/h2-3,8H,4-6H2,1H3. The quantitative estimate of drug-likeness (QED) is 0.734. The zero-order valence-corrected chi connectivity index (χ0v) is 10.8. The Bertz CT molecular complexity index is 539. The number of rotatable bonds is 3. The molecule has 1 aromatic rings. The molecule has 0 aliphatic carbocycles. The Labute approximate surface area is 104 Å². The lowest BCUT2D eigenvalue weighted by atomic mass is 10.4. The minimum atomic E-state index is -3.67. The van der Waals surface area contributed by atoms with E-state index in [0.717, 1.165) is 5.69 Å². The first-order valence-corrected chi connectivity index (χ1v) is 7.43. The van der Waals surface area contributed by atoms with Gasteiger partial charge in [-0.3, -0.25) is 9.48 Å². The van der Waals surface area contributed by atoms with Crippen molar-refractivity contribution in [3.63, 3.8) is 0 Å². The maximum Gasteiger partial charge on any atom is 0.237 e. The number of hydrogen-bond donors (Lipinski definition) is 0. The smallest absolute Gasteiger partial charge is 0.237 e. The number of hydrogen-bond acceptors (Lipinski definition) is 4. The fourth-order valence-electron chi connectivity index (χ4n) is 1.82. The van der Waals surface area contributed by atoms with E-state index < -0.39 is 14.3 Å². The van der Waals surface area contributed by atoms with E-state index >= 15 is 0 Å². The molecule has 1 unspecified atom stereocenters. The average Bonchev–Trinajstić information content (AvgIpc) is 2.74. The van der Waals surface area contributed by atoms with Crippen LogP contribution in [0.1, 0.15) is 12.1 Å². The van der Waals surface area contributed by atoms with Crippen LogP contribution in [0.5, 0.6) is 0 Å². The van der Waals surface area contributed by atoms with Crippen LogP contribution in [-0.4, -0.2) is 40.8 Å². The maximum atomic E-state index is 11.6. The molecule has 6 nitrogen and oxygen atoms in total. The molecular weight excluding hydrogens is 266 g/mol. The largest absolute Gasteiger partial charge is 0.335 e. The van der Waals surface area contributed by atoms with Gasteiger partial charge in [0.15, 0.2) is 0 Å². The molecule has 0 N–H and O–H groups in total. The number of carbonyl (C=O) groups excluding carboxylic acids is 1. The van der Waals surface area contributed by atoms with Crippen LogP contribution in [0.25, 0.3) is 0 Å². The summed E-state index contributed by atoms with van der Waals surface area (Å²) in [5, 5.41) is 3.33. The summed E-state index contributed by atoms with van der Waals surface area (Å²) in [6.45, 7) is 0.462. The van der Waals surface area contributed by atoms with Gasteiger partial charge in [0.2, 0.25) is 15.0 Å². The lowest BCUT2D eigenvalue weighted by Gasteiger charge is -2.14. The molecule has 1 aromatic heterocycles. The topological polar surface area (TPSA) is 72.3 Å². The van der Waals surface area contributed by atoms with E-state index in [9.17, 15) is 13.2 Å². The van der Waals surface area contributed by atoms with Gasteiger partial charge in [0, 0.05) is 36.9 Å². The molecule has 1 amide bonds. The summed E-state index contributed by atoms with van der Waals surface area (Å²) in [6, 6.07) is 1.79. The molecule has 8 heteroatoms. The van der Waals surface area contributed by atoms with Crippen molar-refractivity contribution < 1.29 is 13.2 Å². The van der Waals surface area contributed by atoms with E-state index in [-0.39, 0.29) is 18.9 Å². The maximum absolute atomic E-state index is 11.6. The SMILES string of the molecule is Cn1ccc(CN2CC(S(=O)(=O)Cl)CC2=O)n1. The fourth-order valence-corrected chi connectivity index (χ4v) is 2.88. The highest BCUT2D eigenvalue weighted by Crippen LogP contribution is 2.22. The summed E-state index contributed by atoms with van der Waals surface area (Å²) in [4.78, 5) is 13.1. The lowest BCUT2D eigenvalue weighted by molar-refractivity contribution is -0.128. The summed E-state index contributed by atoms with van der Waals surface area (Å²) in [5.74, 6) is -0.204. The first-order chi connectivity index (χ1) is 7.86. The van der Waals surface area contributed by atoms with Crippen LogP contribution in [0.15, 0.2) is 12.3 Å². The Morgan fingerprint density at radius 1 is 1.59 bits per heavy atom. The van der Waals surface area contributed by atoms with Crippen molar-refractivity contribution in [2.75, 3.05) is 6.54 Å². The Balaban J connectivity index is 2.07. The van der Waals surface area contributed by atoms with E-state index in [1.54, 1.807) is 24.0 Å². The van der Waals surface area contributed by atoms with Crippen molar-refractivity contribution >= 4 is 25.6 Å². The van der Waals surface area contributed by atoms with Crippen LogP contribution in [0.4, 0.5) is 0 Å². The third-order valence-corrected chi connectivity index (χ3v) is 4.57. The van der Waals surface area contributed by atoms with Gasteiger partial charge < -0.3 is 4.90 Å². The highest BCUT2D eigenvalue weighted by Gasteiger charge is 2.37. The Kier molecular flexibility index (Phi) is 3.13. The number of halogens is 1. The summed E-state index contributed by atoms with van der Waals surface area (Å²) >= 11 is 0. The van der Waals surface area contributed by atoms with Crippen molar-refractivity contribution in [2.24, 2.45) is 7.05 Å². The fraction of sp³-hybridized carbons (Fsp3) is 0.556. The molecule has 0 bridgehead atoms. The van der Waals surface area contributed by atoms with Crippen LogP contribution >= 0.6 is 10.7 Å². The van der Waals surface area contributed by atoms with Gasteiger partial charge in [-0.2, -0.15) is 5.10 Å². The number of aryl methyl sites for hydroxylation is 1. The number of aromatic nitrogens is 2. The molecule has 1 saturated heterocycles. The second-order valence-corrected chi connectivity index (χ2v) is 6.96. The average molecular weight is 278 g/mol. The van der Waals surface area contributed by atoms with Crippen molar-refractivity contribution in [3.05, 3.63) is 18.0 Å². The molecule has 1 fully saturated rings. The van der Waals surface area contributed by atoms with Crippen LogP contribution in [0.2, 0.25) is 0 Å². The molecule has 2 heterocycles. The molecule has 1 aliphatic rings. The molecule has 17 heavy (non-hydrogen) atoms. The van der Waals surface area contributed by atoms with E-state index in [0.29, 0.717) is 6.54 Å². The van der Waals surface area contributed by atoms with Crippen molar-refractivity contribution in [2.45, 2.75) is 18.2 Å². The van der Waals surface area contributed by atoms with E-state index in [4.69, 9.17) is 10.7 Å². The van der Waals surface area contributed by atoms with Crippen LogP contribution < -0.4 is 0 Å². The lowest BCUT2D eigenvalue weighted by Crippen LogP contribution is -2.26. The highest BCUT2D eigenvalue weighted by molar-refractivity contribution is 8.14. The summed E-state index contributed by atoms with van der Waals surface area (Å²) in [6.07, 6.45) is 1.73. The molecule has 1 aliphatic heterocycles. The predicted molar refractivity (Wildman–Crippen MR) is 61.8 cm³/mol. The van der Waals surface area contributed by atoms with Gasteiger partial charge in [0.05, 0.1) is 12.2 Å². The first-order valence-electron chi connectivity index (χ1n) is 5.06. The Morgan fingerprint density at radius 3 is 2.76 bits per heavy atom. The molecule has 94 valence electrons. The molecule has 2 rings (SSSR count). The predicted octanol–water partition coefficient (Wildman–Crippen LogP) is 0.0896. The van der Waals surface area contributed by atoms with Crippen molar-refractivity contribution in [1.29, 1.82) is 0 Å². The van der Waals surface area contributed by atoms with Crippen LogP contribution in [0.3, 0.4) is 0 Å². The van der Waals surface area contributed by atoms with Gasteiger partial charge in [0.25, 0.3) is 0 Å². The third-order valence-electron chi connectivity index (χ3n) is 2.70. The number of likely N-dealkylation sites (tertiary alicyclic amines) is 1. The molecule has 0 spiro atoms. The van der Waals surface area contributed by atoms with Crippen LogP contribution in [-0.2, 0) is 27.4 Å². The summed E-state index contributed by atoms with van der Waals surface area (Å²) in [5.41, 5.74) is 0.730. The van der Waals surface area contributed by atoms with E-state index in [1.165, 1.54) is 4.90 Å². The summed E-state index contributed by atoms with van der Waals surface area (Å²) in [7, 11) is 3.36. The molecule has 0 aromatic carbocycles. The molecule has 0 saturated carbocycles. The second kappa shape index (κ2) is 4.30. The summed E-state index contributed by atoms with van der Waals surface area (Å²) < 4.78 is 23.9. The van der Waals surface area contributed by atoms with Crippen LogP contribution in [0, 0.1) is 0 Å². The molecule has 0 radical (unpaired) electrons. The molecule has 1 atom stereocenters. The van der Waals surface area contributed by atoms with Gasteiger partial charge in [-0.25, -0.2) is 8.42 Å². The molecular formula is C9H12ClN3O3S. The normalized spacial score (nSPS) is 21.2. The number of nitrogens with zero attached hydrogens (tertiary/aromatic N) is 3. The van der Waals surface area contributed by atoms with Crippen molar-refractivity contribution in [1.82, 2.24) is 14.7 Å². The number of amides is 1. The van der Waals surface area contributed by atoms with Gasteiger partial charge in [-0.15, -0.1) is 0 Å². The van der Waals surface area contributed by atoms with Gasteiger partial charge in [0.1, 0.15) is 5.25 Å². The first kappa shape index (κ1) is 12.4. The zero-order valence-electron chi connectivity index (χ0n) is 9.21. The minimum absolute atomic E-state index is 0.0430. The third kappa shape index (κ3) is 2.78. The monoisotopic (exact) mass is 277 g/mol. The minimum Gasteiger partial charge on any atom is -0.335 e. The van der Waals surface area contributed by atoms with E-state index in [2.05, 4.69) is 5.10 Å². The van der Waals surface area contributed by atoms with Crippen molar-refractivity contribution in [3.8, 4) is 0 Å². The zero-order chi connectivity index (χ0) is 12.6. The van der Waals surface area contributed by atoms with E-state index in [1.807, 2.05) is 0 Å². The number of carbonyl (C=O) groups is 1.